The van der Waals surface area contributed by atoms with Crippen LogP contribution in [0, 0.1) is 0 Å². The molecule has 1 unspecified atom stereocenters. The maximum absolute atomic E-state index is 6.05. The zero-order valence-electron chi connectivity index (χ0n) is 9.16. The Kier molecular flexibility index (Phi) is 5.61. The molecule has 1 aromatic heterocycles. The molecule has 0 fully saturated rings. The summed E-state index contributed by atoms with van der Waals surface area (Å²) in [5.74, 6) is 0. The average Bonchev–Trinajstić information content (AvgIpc) is 2.26. The lowest BCUT2D eigenvalue weighted by molar-refractivity contribution is 0.114. The van der Waals surface area contributed by atoms with E-state index in [9.17, 15) is 0 Å². The second-order valence-electron chi connectivity index (χ2n) is 3.31. The molecule has 3 nitrogen and oxygen atoms in total. The maximum Gasteiger partial charge on any atom is 0.0661 e. The van der Waals surface area contributed by atoms with Gasteiger partial charge in [0, 0.05) is 19.0 Å². The van der Waals surface area contributed by atoms with Crippen LogP contribution in [-0.4, -0.2) is 25.2 Å². The Bertz CT molecular complexity index is 294. The van der Waals surface area contributed by atoms with Crippen molar-refractivity contribution in [1.29, 1.82) is 0 Å². The smallest absolute Gasteiger partial charge is 0.0661 e. The van der Waals surface area contributed by atoms with Crippen LogP contribution in [0.1, 0.15) is 24.9 Å². The molecule has 1 aromatic rings. The summed E-state index contributed by atoms with van der Waals surface area (Å²) in [5.41, 5.74) is 1.03. The summed E-state index contributed by atoms with van der Waals surface area (Å²) in [6, 6.07) is 2.05. The molecule has 0 aliphatic rings. The van der Waals surface area contributed by atoms with E-state index in [0.29, 0.717) is 11.6 Å². The molecular formula is C11H17ClN2O. The second kappa shape index (κ2) is 6.77. The normalized spacial score (nSPS) is 12.7. The first-order chi connectivity index (χ1) is 7.29. The van der Waals surface area contributed by atoms with E-state index in [4.69, 9.17) is 16.3 Å². The zero-order valence-corrected chi connectivity index (χ0v) is 9.92. The van der Waals surface area contributed by atoms with Gasteiger partial charge in [0.1, 0.15) is 0 Å². The SMILES string of the molecule is CCCOCC(NC)c1ccncc1Cl. The average molecular weight is 229 g/mol. The van der Waals surface area contributed by atoms with Crippen LogP contribution in [0.2, 0.25) is 5.02 Å². The van der Waals surface area contributed by atoms with Gasteiger partial charge in [0.05, 0.1) is 17.7 Å². The Morgan fingerprint density at radius 3 is 3.00 bits per heavy atom. The van der Waals surface area contributed by atoms with Crippen LogP contribution in [0.5, 0.6) is 0 Å². The highest BCUT2D eigenvalue weighted by atomic mass is 35.5. The number of hydrogen-bond donors (Lipinski definition) is 1. The summed E-state index contributed by atoms with van der Waals surface area (Å²) in [5, 5.41) is 3.86. The minimum absolute atomic E-state index is 0.132. The van der Waals surface area contributed by atoms with Crippen molar-refractivity contribution >= 4 is 11.6 Å². The van der Waals surface area contributed by atoms with Gasteiger partial charge in [-0.1, -0.05) is 18.5 Å². The predicted molar refractivity (Wildman–Crippen MR) is 62.2 cm³/mol. The molecule has 1 heterocycles. The van der Waals surface area contributed by atoms with Crippen molar-refractivity contribution in [3.63, 3.8) is 0 Å². The molecule has 0 amide bonds. The number of nitrogens with one attached hydrogen (secondary N) is 1. The summed E-state index contributed by atoms with van der Waals surface area (Å²) in [6.07, 6.45) is 4.42. The summed E-state index contributed by atoms with van der Waals surface area (Å²) >= 11 is 6.05. The maximum atomic E-state index is 6.05. The van der Waals surface area contributed by atoms with Crippen molar-refractivity contribution in [2.45, 2.75) is 19.4 Å². The molecule has 0 radical (unpaired) electrons. The van der Waals surface area contributed by atoms with E-state index in [-0.39, 0.29) is 6.04 Å². The number of rotatable bonds is 6. The molecule has 0 bridgehead atoms. The van der Waals surface area contributed by atoms with Crippen LogP contribution < -0.4 is 5.32 Å². The van der Waals surface area contributed by atoms with E-state index in [2.05, 4.69) is 17.2 Å². The number of halogens is 1. The fraction of sp³-hybridized carbons (Fsp3) is 0.545. The Morgan fingerprint density at radius 1 is 1.60 bits per heavy atom. The fourth-order valence-electron chi connectivity index (χ4n) is 1.34. The molecule has 1 rings (SSSR count). The van der Waals surface area contributed by atoms with Gasteiger partial charge in [-0.15, -0.1) is 0 Å². The minimum Gasteiger partial charge on any atom is -0.379 e. The van der Waals surface area contributed by atoms with Gasteiger partial charge in [0.2, 0.25) is 0 Å². The van der Waals surface area contributed by atoms with Gasteiger partial charge in [-0.05, 0) is 25.1 Å². The topological polar surface area (TPSA) is 34.1 Å². The Morgan fingerprint density at radius 2 is 2.40 bits per heavy atom. The molecule has 0 saturated heterocycles. The van der Waals surface area contributed by atoms with Crippen molar-refractivity contribution < 1.29 is 4.74 Å². The lowest BCUT2D eigenvalue weighted by atomic mass is 10.1. The predicted octanol–water partition coefficient (Wildman–Crippen LogP) is 2.42. The number of hydrogen-bond acceptors (Lipinski definition) is 3. The lowest BCUT2D eigenvalue weighted by Crippen LogP contribution is -2.22. The lowest BCUT2D eigenvalue weighted by Gasteiger charge is -2.17. The van der Waals surface area contributed by atoms with Crippen LogP contribution >= 0.6 is 11.6 Å². The molecule has 0 aromatic carbocycles. The van der Waals surface area contributed by atoms with Crippen molar-refractivity contribution in [3.05, 3.63) is 29.0 Å². The second-order valence-corrected chi connectivity index (χ2v) is 3.72. The van der Waals surface area contributed by atoms with Gasteiger partial charge in [-0.3, -0.25) is 4.98 Å². The van der Waals surface area contributed by atoms with E-state index < -0.39 is 0 Å². The summed E-state index contributed by atoms with van der Waals surface area (Å²) in [7, 11) is 1.90. The van der Waals surface area contributed by atoms with Gasteiger partial charge < -0.3 is 10.1 Å². The van der Waals surface area contributed by atoms with Gasteiger partial charge in [0.25, 0.3) is 0 Å². The molecule has 0 saturated carbocycles. The minimum atomic E-state index is 0.132. The van der Waals surface area contributed by atoms with Crippen molar-refractivity contribution in [2.24, 2.45) is 0 Å². The molecule has 15 heavy (non-hydrogen) atoms. The van der Waals surface area contributed by atoms with Crippen LogP contribution in [0.25, 0.3) is 0 Å². The Labute approximate surface area is 95.8 Å². The first kappa shape index (κ1) is 12.4. The van der Waals surface area contributed by atoms with Gasteiger partial charge >= 0.3 is 0 Å². The molecule has 0 aliphatic heterocycles. The Balaban J connectivity index is 2.61. The van der Waals surface area contributed by atoms with Crippen LogP contribution in [-0.2, 0) is 4.74 Å². The molecule has 1 N–H and O–H groups in total. The third kappa shape index (κ3) is 3.78. The molecule has 4 heteroatoms. The molecule has 84 valence electrons. The monoisotopic (exact) mass is 228 g/mol. The largest absolute Gasteiger partial charge is 0.379 e. The number of nitrogens with zero attached hydrogens (tertiary/aromatic N) is 1. The fourth-order valence-corrected chi connectivity index (χ4v) is 1.59. The van der Waals surface area contributed by atoms with Crippen molar-refractivity contribution in [1.82, 2.24) is 10.3 Å². The first-order valence-corrected chi connectivity index (χ1v) is 5.51. The van der Waals surface area contributed by atoms with Crippen LogP contribution in [0.4, 0.5) is 0 Å². The van der Waals surface area contributed by atoms with Crippen molar-refractivity contribution in [2.75, 3.05) is 20.3 Å². The molecule has 0 spiro atoms. The van der Waals surface area contributed by atoms with Gasteiger partial charge in [0.15, 0.2) is 0 Å². The molecule has 0 aliphatic carbocycles. The summed E-state index contributed by atoms with van der Waals surface area (Å²) in [4.78, 5) is 3.96. The summed E-state index contributed by atoms with van der Waals surface area (Å²) in [6.45, 7) is 3.50. The van der Waals surface area contributed by atoms with Gasteiger partial charge in [-0.2, -0.15) is 0 Å². The van der Waals surface area contributed by atoms with Crippen LogP contribution in [0.3, 0.4) is 0 Å². The van der Waals surface area contributed by atoms with Crippen LogP contribution in [0.15, 0.2) is 18.5 Å². The summed E-state index contributed by atoms with van der Waals surface area (Å²) < 4.78 is 5.50. The number of pyridine rings is 1. The van der Waals surface area contributed by atoms with E-state index in [1.807, 2.05) is 13.1 Å². The Hall–Kier alpha value is -0.640. The van der Waals surface area contributed by atoms with E-state index in [0.717, 1.165) is 18.6 Å². The highest BCUT2D eigenvalue weighted by Gasteiger charge is 2.12. The van der Waals surface area contributed by atoms with E-state index >= 15 is 0 Å². The highest BCUT2D eigenvalue weighted by Crippen LogP contribution is 2.21. The van der Waals surface area contributed by atoms with E-state index in [1.165, 1.54) is 0 Å². The van der Waals surface area contributed by atoms with E-state index in [1.54, 1.807) is 12.4 Å². The first-order valence-electron chi connectivity index (χ1n) is 5.14. The highest BCUT2D eigenvalue weighted by molar-refractivity contribution is 6.31. The molecule has 1 atom stereocenters. The van der Waals surface area contributed by atoms with Crippen molar-refractivity contribution in [3.8, 4) is 0 Å². The molecular weight excluding hydrogens is 212 g/mol. The number of likely N-dealkylation sites (N-methyl/N-ethyl adjacent to an activating group) is 1. The standard InChI is InChI=1S/C11H17ClN2O/c1-3-6-15-8-11(13-2)9-4-5-14-7-10(9)12/h4-5,7,11,13H,3,6,8H2,1-2H3. The third-order valence-corrected chi connectivity index (χ3v) is 2.48. The quantitative estimate of drug-likeness (QED) is 0.760. The number of ether oxygens (including phenoxy) is 1. The third-order valence-electron chi connectivity index (χ3n) is 2.16. The zero-order chi connectivity index (χ0) is 11.1. The van der Waals surface area contributed by atoms with Gasteiger partial charge in [-0.25, -0.2) is 0 Å². The number of aromatic nitrogens is 1.